The average molecular weight is 437 g/mol. The SMILES string of the molecule is O=[N+]([O-])c1c(Nc2cccc(-n3nnnc3CCc3ccccn3)c2)ccc2ccccc12. The van der Waals surface area contributed by atoms with E-state index in [0.717, 1.165) is 16.8 Å². The minimum Gasteiger partial charge on any atom is -0.350 e. The minimum absolute atomic E-state index is 0.0389. The van der Waals surface area contributed by atoms with Crippen molar-refractivity contribution >= 4 is 27.8 Å². The first-order valence-electron chi connectivity index (χ1n) is 10.4. The van der Waals surface area contributed by atoms with Crippen molar-refractivity contribution in [3.8, 4) is 5.69 Å². The van der Waals surface area contributed by atoms with Gasteiger partial charge in [0, 0.05) is 24.0 Å². The lowest BCUT2D eigenvalue weighted by Gasteiger charge is -2.11. The number of aryl methyl sites for hydroxylation is 2. The van der Waals surface area contributed by atoms with Crippen LogP contribution in [0.15, 0.2) is 85.1 Å². The van der Waals surface area contributed by atoms with Crippen LogP contribution in [0.1, 0.15) is 11.5 Å². The first kappa shape index (κ1) is 20.3. The third-order valence-electron chi connectivity index (χ3n) is 5.32. The summed E-state index contributed by atoms with van der Waals surface area (Å²) in [5.74, 6) is 0.703. The molecule has 0 saturated carbocycles. The lowest BCUT2D eigenvalue weighted by molar-refractivity contribution is -0.382. The molecule has 33 heavy (non-hydrogen) atoms. The molecule has 0 aliphatic heterocycles. The summed E-state index contributed by atoms with van der Waals surface area (Å²) in [5, 5.41) is 28.6. The molecule has 0 aliphatic carbocycles. The van der Waals surface area contributed by atoms with Crippen molar-refractivity contribution < 1.29 is 4.92 Å². The van der Waals surface area contributed by atoms with Gasteiger partial charge in [-0.15, -0.1) is 5.10 Å². The van der Waals surface area contributed by atoms with E-state index in [9.17, 15) is 10.1 Å². The predicted molar refractivity (Wildman–Crippen MR) is 125 cm³/mol. The zero-order valence-corrected chi connectivity index (χ0v) is 17.5. The van der Waals surface area contributed by atoms with Crippen molar-refractivity contribution in [3.63, 3.8) is 0 Å². The molecule has 0 spiro atoms. The number of pyridine rings is 1. The second-order valence-corrected chi connectivity index (χ2v) is 7.44. The highest BCUT2D eigenvalue weighted by Crippen LogP contribution is 2.35. The second-order valence-electron chi connectivity index (χ2n) is 7.44. The minimum atomic E-state index is -0.356. The fraction of sp³-hybridized carbons (Fsp3) is 0.0833. The molecule has 3 aromatic carbocycles. The molecule has 0 saturated heterocycles. The number of nitrogens with zero attached hydrogens (tertiary/aromatic N) is 6. The summed E-state index contributed by atoms with van der Waals surface area (Å²) in [6.07, 6.45) is 3.10. The number of aromatic nitrogens is 5. The fourth-order valence-corrected chi connectivity index (χ4v) is 3.77. The normalized spacial score (nSPS) is 10.9. The summed E-state index contributed by atoms with van der Waals surface area (Å²) in [7, 11) is 0. The van der Waals surface area contributed by atoms with E-state index >= 15 is 0 Å². The summed E-state index contributed by atoms with van der Waals surface area (Å²) in [6, 6.07) is 24.1. The van der Waals surface area contributed by atoms with Gasteiger partial charge in [-0.3, -0.25) is 15.1 Å². The summed E-state index contributed by atoms with van der Waals surface area (Å²) >= 11 is 0. The molecule has 162 valence electrons. The maximum absolute atomic E-state index is 11.8. The maximum Gasteiger partial charge on any atom is 0.300 e. The van der Waals surface area contributed by atoms with Crippen LogP contribution in [-0.2, 0) is 12.8 Å². The van der Waals surface area contributed by atoms with Crippen molar-refractivity contribution in [1.82, 2.24) is 25.2 Å². The second kappa shape index (κ2) is 8.83. The molecule has 2 heterocycles. The number of benzene rings is 3. The number of rotatable bonds is 7. The van der Waals surface area contributed by atoms with E-state index in [4.69, 9.17) is 0 Å². The van der Waals surface area contributed by atoms with Crippen molar-refractivity contribution in [2.75, 3.05) is 5.32 Å². The molecule has 0 bridgehead atoms. The fourth-order valence-electron chi connectivity index (χ4n) is 3.77. The quantitative estimate of drug-likeness (QED) is 0.291. The van der Waals surface area contributed by atoms with E-state index in [1.54, 1.807) is 29.1 Å². The molecule has 9 nitrogen and oxygen atoms in total. The Hall–Kier alpha value is -4.66. The van der Waals surface area contributed by atoms with Crippen molar-refractivity contribution in [2.24, 2.45) is 0 Å². The summed E-state index contributed by atoms with van der Waals surface area (Å²) in [4.78, 5) is 15.8. The lowest BCUT2D eigenvalue weighted by atomic mass is 10.1. The van der Waals surface area contributed by atoms with Gasteiger partial charge in [0.15, 0.2) is 5.82 Å². The zero-order valence-electron chi connectivity index (χ0n) is 17.5. The van der Waals surface area contributed by atoms with Gasteiger partial charge in [-0.1, -0.05) is 36.4 Å². The third-order valence-corrected chi connectivity index (χ3v) is 5.32. The largest absolute Gasteiger partial charge is 0.350 e. The predicted octanol–water partition coefficient (Wildman–Crippen LogP) is 4.65. The van der Waals surface area contributed by atoms with Crippen LogP contribution in [0.4, 0.5) is 17.1 Å². The number of hydrogen-bond acceptors (Lipinski definition) is 7. The van der Waals surface area contributed by atoms with Gasteiger partial charge in [0.2, 0.25) is 0 Å². The highest BCUT2D eigenvalue weighted by atomic mass is 16.6. The number of nitro groups is 1. The van der Waals surface area contributed by atoms with Crippen LogP contribution in [0, 0.1) is 10.1 Å². The monoisotopic (exact) mass is 437 g/mol. The van der Waals surface area contributed by atoms with E-state index < -0.39 is 0 Å². The Labute approximate surface area is 188 Å². The van der Waals surface area contributed by atoms with Crippen LogP contribution in [-0.4, -0.2) is 30.1 Å². The van der Waals surface area contributed by atoms with Gasteiger partial charge in [-0.2, -0.15) is 4.68 Å². The topological polar surface area (TPSA) is 112 Å². The van der Waals surface area contributed by atoms with Gasteiger partial charge in [0.1, 0.15) is 5.69 Å². The van der Waals surface area contributed by atoms with Crippen LogP contribution < -0.4 is 5.32 Å². The van der Waals surface area contributed by atoms with Crippen LogP contribution in [0.25, 0.3) is 16.5 Å². The van der Waals surface area contributed by atoms with Crippen LogP contribution in [0.5, 0.6) is 0 Å². The molecule has 0 unspecified atom stereocenters. The van der Waals surface area contributed by atoms with Crippen LogP contribution >= 0.6 is 0 Å². The number of fused-ring (bicyclic) bond motifs is 1. The van der Waals surface area contributed by atoms with E-state index in [2.05, 4.69) is 25.8 Å². The van der Waals surface area contributed by atoms with E-state index in [-0.39, 0.29) is 10.6 Å². The Kier molecular flexibility index (Phi) is 5.42. The number of nitrogens with one attached hydrogen (secondary N) is 1. The van der Waals surface area contributed by atoms with Gasteiger partial charge in [-0.25, -0.2) is 0 Å². The molecular formula is C24H19N7O2. The molecule has 5 rings (SSSR count). The Morgan fingerprint density at radius 2 is 1.82 bits per heavy atom. The summed E-state index contributed by atoms with van der Waals surface area (Å²) < 4.78 is 1.67. The van der Waals surface area contributed by atoms with Crippen molar-refractivity contribution in [2.45, 2.75) is 12.8 Å². The van der Waals surface area contributed by atoms with Gasteiger partial charge >= 0.3 is 0 Å². The molecule has 0 fully saturated rings. The Morgan fingerprint density at radius 3 is 2.67 bits per heavy atom. The number of hydrogen-bond donors (Lipinski definition) is 1. The van der Waals surface area contributed by atoms with E-state index in [1.807, 2.05) is 60.7 Å². The van der Waals surface area contributed by atoms with Gasteiger partial charge in [0.25, 0.3) is 5.69 Å². The molecule has 1 N–H and O–H groups in total. The third kappa shape index (κ3) is 4.24. The summed E-state index contributed by atoms with van der Waals surface area (Å²) in [6.45, 7) is 0. The standard InChI is InChI=1S/C24H19N7O2/c32-31(33)24-21-10-2-1-6-17(21)11-13-22(24)26-19-8-5-9-20(16-19)30-23(27-28-29-30)14-12-18-7-3-4-15-25-18/h1-11,13,15-16,26H,12,14H2. The van der Waals surface area contributed by atoms with Gasteiger partial charge in [-0.05, 0) is 64.7 Å². The van der Waals surface area contributed by atoms with Crippen molar-refractivity contribution in [1.29, 1.82) is 0 Å². The highest BCUT2D eigenvalue weighted by molar-refractivity contribution is 5.97. The zero-order chi connectivity index (χ0) is 22.6. The molecule has 2 aromatic heterocycles. The molecule has 9 heteroatoms. The maximum atomic E-state index is 11.8. The van der Waals surface area contributed by atoms with Crippen molar-refractivity contribution in [3.05, 3.63) is 107 Å². The smallest absolute Gasteiger partial charge is 0.300 e. The number of anilines is 2. The molecular weight excluding hydrogens is 418 g/mol. The van der Waals surface area contributed by atoms with Gasteiger partial charge in [0.05, 0.1) is 16.0 Å². The molecule has 0 aliphatic rings. The Balaban J connectivity index is 1.43. The first-order chi connectivity index (χ1) is 16.2. The highest BCUT2D eigenvalue weighted by Gasteiger charge is 2.18. The van der Waals surface area contributed by atoms with Gasteiger partial charge < -0.3 is 5.32 Å². The van der Waals surface area contributed by atoms with E-state index in [0.29, 0.717) is 35.4 Å². The lowest BCUT2D eigenvalue weighted by Crippen LogP contribution is -2.06. The number of nitro benzene ring substituents is 1. The molecule has 0 radical (unpaired) electrons. The molecule has 0 atom stereocenters. The van der Waals surface area contributed by atoms with Crippen LogP contribution in [0.3, 0.4) is 0 Å². The van der Waals surface area contributed by atoms with Crippen LogP contribution in [0.2, 0.25) is 0 Å². The Bertz CT molecular complexity index is 1430. The summed E-state index contributed by atoms with van der Waals surface area (Å²) in [5.41, 5.74) is 2.87. The first-order valence-corrected chi connectivity index (χ1v) is 10.4. The average Bonchev–Trinajstić information content (AvgIpc) is 3.32. The molecule has 0 amide bonds. The van der Waals surface area contributed by atoms with E-state index in [1.165, 1.54) is 0 Å². The molecule has 5 aromatic rings. The number of tetrazole rings is 1. The Morgan fingerprint density at radius 1 is 0.939 bits per heavy atom.